The van der Waals surface area contributed by atoms with Crippen molar-refractivity contribution in [2.75, 3.05) is 51.9 Å². The fraction of sp³-hybridized carbons (Fsp3) is 0.561. The molecule has 12 nitrogen and oxygen atoms in total. The van der Waals surface area contributed by atoms with Gasteiger partial charge < -0.3 is 18.9 Å². The molecule has 2 aromatic heterocycles. The van der Waals surface area contributed by atoms with Crippen LogP contribution in [0.5, 0.6) is 0 Å². The monoisotopic (exact) mass is 816 g/mol. The zero-order valence-electron chi connectivity index (χ0n) is 33.7. The Morgan fingerprint density at radius 3 is 1.86 bits per heavy atom. The zero-order chi connectivity index (χ0) is 40.9. The zero-order valence-corrected chi connectivity index (χ0v) is 35.3. The van der Waals surface area contributed by atoms with Crippen LogP contribution in [-0.2, 0) is 64.1 Å². The van der Waals surface area contributed by atoms with Crippen LogP contribution in [0.15, 0.2) is 42.5 Å². The van der Waals surface area contributed by atoms with Gasteiger partial charge in [0.05, 0.1) is 43.1 Å². The van der Waals surface area contributed by atoms with Gasteiger partial charge in [-0.3, -0.25) is 18.0 Å². The maximum Gasteiger partial charge on any atom is 0.264 e. The average Bonchev–Trinajstić information content (AvgIpc) is 3.64. The Bertz CT molecular complexity index is 2260. The van der Waals surface area contributed by atoms with Gasteiger partial charge in [-0.25, -0.2) is 4.39 Å². The first-order chi connectivity index (χ1) is 26.5. The van der Waals surface area contributed by atoms with Crippen molar-refractivity contribution in [1.29, 1.82) is 0 Å². The van der Waals surface area contributed by atoms with Gasteiger partial charge in [-0.2, -0.15) is 16.8 Å². The Balaban J connectivity index is 0.000000214. The summed E-state index contributed by atoms with van der Waals surface area (Å²) in [5.74, 6) is -0.277. The summed E-state index contributed by atoms with van der Waals surface area (Å²) < 4.78 is 74.1. The number of halogens is 1. The molecule has 0 saturated carbocycles. The van der Waals surface area contributed by atoms with Crippen LogP contribution in [0, 0.1) is 11.7 Å². The third-order valence-corrected chi connectivity index (χ3v) is 12.3. The van der Waals surface area contributed by atoms with E-state index in [0.29, 0.717) is 56.0 Å². The second kappa shape index (κ2) is 18.2. The summed E-state index contributed by atoms with van der Waals surface area (Å²) in [5.41, 5.74) is 5.65. The molecule has 2 amide bonds. The van der Waals surface area contributed by atoms with Crippen LogP contribution in [0.4, 0.5) is 4.39 Å². The first-order valence-corrected chi connectivity index (χ1v) is 23.3. The van der Waals surface area contributed by atoms with Crippen LogP contribution in [-0.4, -0.2) is 99.5 Å². The van der Waals surface area contributed by atoms with Gasteiger partial charge in [0.25, 0.3) is 20.2 Å². The van der Waals surface area contributed by atoms with E-state index in [-0.39, 0.29) is 49.2 Å². The number of hydrogen-bond donors (Lipinski definition) is 0. The predicted molar refractivity (Wildman–Crippen MR) is 217 cm³/mol. The summed E-state index contributed by atoms with van der Waals surface area (Å²) in [5, 5.41) is 1.57. The van der Waals surface area contributed by atoms with E-state index in [9.17, 15) is 30.8 Å². The van der Waals surface area contributed by atoms with E-state index in [1.54, 1.807) is 11.0 Å². The van der Waals surface area contributed by atoms with Crippen molar-refractivity contribution in [3.05, 3.63) is 70.8 Å². The summed E-state index contributed by atoms with van der Waals surface area (Å²) in [6.07, 6.45) is 6.04. The van der Waals surface area contributed by atoms with Gasteiger partial charge in [0.1, 0.15) is 5.82 Å². The van der Waals surface area contributed by atoms with Gasteiger partial charge in [0.2, 0.25) is 11.8 Å². The van der Waals surface area contributed by atoms with Gasteiger partial charge in [-0.05, 0) is 95.0 Å². The number of rotatable bonds is 14. The lowest BCUT2D eigenvalue weighted by molar-refractivity contribution is -0.133. The van der Waals surface area contributed by atoms with Crippen molar-refractivity contribution < 1.29 is 39.2 Å². The van der Waals surface area contributed by atoms with Crippen molar-refractivity contribution in [3.8, 4) is 0 Å². The smallest absolute Gasteiger partial charge is 0.264 e. The number of carbonyl (C=O) groups is 2. The third-order valence-electron chi connectivity index (χ3n) is 11.1. The minimum Gasteiger partial charge on any atom is -0.343 e. The van der Waals surface area contributed by atoms with Crippen LogP contribution in [0.25, 0.3) is 21.8 Å². The number of carbonyl (C=O) groups excluding carboxylic acids is 2. The third kappa shape index (κ3) is 9.49. The standard InChI is InChI=1S/C21H30N2O4S.C20H27FN2O4S/c1-5-22(6-2)21(24)17-13-15(3)14-19-20(17)16-9-7-8-10-18(16)23(19)11-12-27-28(4,25)26;1-4-22(5-2)20(24)14-8-6-10-16-18(14)19-15(21)9-7-11-17(19)23(16)12-13-27-28(3,25)26/h7-10,15,17H,5-6,11-14H2,1-4H3;7,9,11,14H,4-6,8,10,12-13H2,1-3H3. The Labute approximate surface area is 331 Å². The molecule has 0 N–H and O–H groups in total. The van der Waals surface area contributed by atoms with Crippen molar-refractivity contribution in [1.82, 2.24) is 18.9 Å². The van der Waals surface area contributed by atoms with Crippen molar-refractivity contribution in [2.45, 2.75) is 91.6 Å². The molecule has 0 spiro atoms. The van der Waals surface area contributed by atoms with E-state index in [4.69, 9.17) is 8.37 Å². The molecule has 3 atom stereocenters. The molecule has 15 heteroatoms. The number of nitrogens with zero attached hydrogens (tertiary/aromatic N) is 4. The van der Waals surface area contributed by atoms with Gasteiger partial charge >= 0.3 is 0 Å². The van der Waals surface area contributed by atoms with Crippen molar-refractivity contribution in [2.24, 2.45) is 5.92 Å². The highest BCUT2D eigenvalue weighted by atomic mass is 32.2. The number of fused-ring (bicyclic) bond motifs is 6. The minimum absolute atomic E-state index is 0.0276. The largest absolute Gasteiger partial charge is 0.343 e. The number of hydrogen-bond acceptors (Lipinski definition) is 8. The Hall–Kier alpha value is -3.79. The van der Waals surface area contributed by atoms with Crippen molar-refractivity contribution in [3.63, 3.8) is 0 Å². The summed E-state index contributed by atoms with van der Waals surface area (Å²) in [6, 6.07) is 12.9. The molecular weight excluding hydrogens is 760 g/mol. The van der Waals surface area contributed by atoms with Crippen molar-refractivity contribution >= 4 is 53.9 Å². The molecule has 3 unspecified atom stereocenters. The molecule has 2 aliphatic rings. The van der Waals surface area contributed by atoms with Crippen LogP contribution < -0.4 is 0 Å². The number of benzene rings is 2. The highest BCUT2D eigenvalue weighted by molar-refractivity contribution is 7.86. The summed E-state index contributed by atoms with van der Waals surface area (Å²) in [7, 11) is -7.03. The molecule has 0 fully saturated rings. The Morgan fingerprint density at radius 2 is 1.29 bits per heavy atom. The first-order valence-electron chi connectivity index (χ1n) is 19.7. The van der Waals surface area contributed by atoms with Gasteiger partial charge in [0, 0.05) is 66.9 Å². The fourth-order valence-corrected chi connectivity index (χ4v) is 9.44. The maximum absolute atomic E-state index is 14.8. The molecule has 56 heavy (non-hydrogen) atoms. The fourth-order valence-electron chi connectivity index (χ4n) is 8.68. The number of para-hydroxylation sites is 1. The van der Waals surface area contributed by atoms with Crippen LogP contribution >= 0.6 is 0 Å². The topological polar surface area (TPSA) is 137 Å². The lowest BCUT2D eigenvalue weighted by Crippen LogP contribution is -2.37. The van der Waals surface area contributed by atoms with Crippen LogP contribution in [0.2, 0.25) is 0 Å². The predicted octanol–water partition coefficient (Wildman–Crippen LogP) is 6.20. The molecule has 2 heterocycles. The highest BCUT2D eigenvalue weighted by Gasteiger charge is 2.37. The molecule has 0 aliphatic heterocycles. The number of aromatic nitrogens is 2. The lowest BCUT2D eigenvalue weighted by Gasteiger charge is -2.32. The van der Waals surface area contributed by atoms with Gasteiger partial charge in [-0.15, -0.1) is 0 Å². The van der Waals surface area contributed by atoms with E-state index in [0.717, 1.165) is 71.6 Å². The first kappa shape index (κ1) is 43.3. The summed E-state index contributed by atoms with van der Waals surface area (Å²) in [6.45, 7) is 13.5. The highest BCUT2D eigenvalue weighted by Crippen LogP contribution is 2.43. The Kier molecular flexibility index (Phi) is 14.1. The molecular formula is C41H57FN4O8S2. The quantitative estimate of drug-likeness (QED) is 0.137. The second-order valence-electron chi connectivity index (χ2n) is 14.8. The number of amides is 2. The molecule has 0 bridgehead atoms. The van der Waals surface area contributed by atoms with E-state index >= 15 is 0 Å². The van der Waals surface area contributed by atoms with E-state index in [1.807, 2.05) is 61.4 Å². The number of likely N-dealkylation sites (N-methyl/N-ethyl adjacent to an activating group) is 2. The Morgan fingerprint density at radius 1 is 0.750 bits per heavy atom. The molecule has 308 valence electrons. The molecule has 2 aromatic carbocycles. The van der Waals surface area contributed by atoms with E-state index < -0.39 is 20.2 Å². The van der Waals surface area contributed by atoms with E-state index in [2.05, 4.69) is 17.6 Å². The van der Waals surface area contributed by atoms with Gasteiger partial charge in [0.15, 0.2) is 0 Å². The molecule has 4 aromatic rings. The SMILES string of the molecule is CCN(CC)C(=O)C1CC(C)Cc2c1c1ccccc1n2CCOS(C)(=O)=O.CCN(CC)C(=O)C1CCCc2c1c1c(F)cccc1n2CCOS(C)(=O)=O. The van der Waals surface area contributed by atoms with Crippen LogP contribution in [0.1, 0.15) is 88.2 Å². The molecule has 6 rings (SSSR count). The lowest BCUT2D eigenvalue weighted by atomic mass is 9.79. The minimum atomic E-state index is -3.55. The second-order valence-corrected chi connectivity index (χ2v) is 18.1. The molecule has 2 aliphatic carbocycles. The van der Waals surface area contributed by atoms with Gasteiger partial charge in [-0.1, -0.05) is 31.2 Å². The molecule has 0 saturated heterocycles. The van der Waals surface area contributed by atoms with E-state index in [1.165, 1.54) is 6.07 Å². The van der Waals surface area contributed by atoms with Crippen LogP contribution in [0.3, 0.4) is 0 Å². The summed E-state index contributed by atoms with van der Waals surface area (Å²) >= 11 is 0. The summed E-state index contributed by atoms with van der Waals surface area (Å²) in [4.78, 5) is 30.1. The maximum atomic E-state index is 14.8. The molecule has 0 radical (unpaired) electrons. The average molecular weight is 817 g/mol. The normalized spacial score (nSPS) is 18.2.